The molecule has 0 aliphatic carbocycles. The summed E-state index contributed by atoms with van der Waals surface area (Å²) in [4.78, 5) is 12.2. The molecule has 27 heavy (non-hydrogen) atoms. The molecule has 0 fully saturated rings. The predicted molar refractivity (Wildman–Crippen MR) is 117 cm³/mol. The second kappa shape index (κ2) is 8.86. The smallest absolute Gasteiger partial charge is 0.234 e. The third-order valence-electron chi connectivity index (χ3n) is 3.98. The van der Waals surface area contributed by atoms with Crippen molar-refractivity contribution in [3.8, 4) is 0 Å². The van der Waals surface area contributed by atoms with Crippen molar-refractivity contribution in [1.29, 1.82) is 0 Å². The van der Waals surface area contributed by atoms with Crippen LogP contribution in [0.15, 0.2) is 45.2 Å². The van der Waals surface area contributed by atoms with Crippen molar-refractivity contribution in [3.05, 3.63) is 57.6 Å². The van der Waals surface area contributed by atoms with Gasteiger partial charge in [-0.25, -0.2) is 0 Å². The molecule has 5 nitrogen and oxygen atoms in total. The topological polar surface area (TPSA) is 66.9 Å². The zero-order valence-electron chi connectivity index (χ0n) is 15.2. The highest BCUT2D eigenvalue weighted by atomic mass is 79.9. The first-order valence-electron chi connectivity index (χ1n) is 8.28. The Balaban J connectivity index is 1.56. The molecule has 140 valence electrons. The summed E-state index contributed by atoms with van der Waals surface area (Å²) in [5.41, 5.74) is 5.32. The summed E-state index contributed by atoms with van der Waals surface area (Å²) in [6, 6.07) is 11.9. The number of thioether (sulfide) groups is 1. The molecule has 0 aliphatic heterocycles. The van der Waals surface area contributed by atoms with Gasteiger partial charge in [0, 0.05) is 10.2 Å². The molecule has 3 rings (SSSR count). The first-order valence-corrected chi connectivity index (χ1v) is 10.9. The fourth-order valence-corrected chi connectivity index (χ4v) is 4.51. The predicted octanol–water partition coefficient (Wildman–Crippen LogP) is 5.70. The molecule has 0 aliphatic rings. The number of nitrogens with one attached hydrogen (secondary N) is 2. The van der Waals surface area contributed by atoms with Crippen LogP contribution in [0.4, 0.5) is 16.5 Å². The summed E-state index contributed by atoms with van der Waals surface area (Å²) in [5.74, 6) is 0.196. The quantitative estimate of drug-likeness (QED) is 0.459. The average molecular weight is 463 g/mol. The lowest BCUT2D eigenvalue weighted by Gasteiger charge is -2.08. The molecular formula is C19H19BrN4OS2. The Morgan fingerprint density at radius 1 is 1.15 bits per heavy atom. The van der Waals surface area contributed by atoms with E-state index in [-0.39, 0.29) is 11.7 Å². The number of benzene rings is 2. The standard InChI is InChI=1S/C19H19BrN4OS2/c1-11-7-8-16(14(20)9-11)21-17(25)10-26-19-24-23-18(27-19)22-15-6-4-5-12(2)13(15)3/h4-9H,10H2,1-3H3,(H,21,25)(H,22,23). The Labute approximate surface area is 175 Å². The van der Waals surface area contributed by atoms with Gasteiger partial charge in [-0.1, -0.05) is 41.3 Å². The molecule has 1 heterocycles. The van der Waals surface area contributed by atoms with E-state index < -0.39 is 0 Å². The van der Waals surface area contributed by atoms with E-state index in [1.165, 1.54) is 34.2 Å². The zero-order valence-corrected chi connectivity index (χ0v) is 18.4. The van der Waals surface area contributed by atoms with Crippen LogP contribution >= 0.6 is 39.0 Å². The Hall–Kier alpha value is -1.90. The summed E-state index contributed by atoms with van der Waals surface area (Å²) in [5, 5.41) is 15.2. The number of hydrogen-bond donors (Lipinski definition) is 2. The van der Waals surface area contributed by atoms with Gasteiger partial charge in [-0.3, -0.25) is 4.79 Å². The first kappa shape index (κ1) is 19.9. The van der Waals surface area contributed by atoms with Crippen LogP contribution in [0.3, 0.4) is 0 Å². The van der Waals surface area contributed by atoms with E-state index in [0.29, 0.717) is 5.13 Å². The van der Waals surface area contributed by atoms with Gasteiger partial charge >= 0.3 is 0 Å². The van der Waals surface area contributed by atoms with Gasteiger partial charge in [-0.15, -0.1) is 10.2 Å². The van der Waals surface area contributed by atoms with Crippen LogP contribution < -0.4 is 10.6 Å². The number of amides is 1. The van der Waals surface area contributed by atoms with E-state index in [0.717, 1.165) is 25.8 Å². The van der Waals surface area contributed by atoms with E-state index >= 15 is 0 Å². The number of aryl methyl sites for hydroxylation is 2. The molecule has 0 bridgehead atoms. The van der Waals surface area contributed by atoms with Gasteiger partial charge in [0.2, 0.25) is 11.0 Å². The van der Waals surface area contributed by atoms with Crippen molar-refractivity contribution in [3.63, 3.8) is 0 Å². The van der Waals surface area contributed by atoms with Crippen molar-refractivity contribution in [2.75, 3.05) is 16.4 Å². The lowest BCUT2D eigenvalue weighted by Crippen LogP contribution is -2.14. The van der Waals surface area contributed by atoms with E-state index in [1.54, 1.807) is 0 Å². The van der Waals surface area contributed by atoms with Crippen LogP contribution in [0.1, 0.15) is 16.7 Å². The van der Waals surface area contributed by atoms with Crippen LogP contribution in [0, 0.1) is 20.8 Å². The molecule has 0 spiro atoms. The maximum atomic E-state index is 12.2. The van der Waals surface area contributed by atoms with Gasteiger partial charge in [0.25, 0.3) is 0 Å². The van der Waals surface area contributed by atoms with Crippen molar-refractivity contribution in [1.82, 2.24) is 10.2 Å². The number of aromatic nitrogens is 2. The van der Waals surface area contributed by atoms with Crippen LogP contribution in [0.5, 0.6) is 0 Å². The maximum absolute atomic E-state index is 12.2. The summed E-state index contributed by atoms with van der Waals surface area (Å²) >= 11 is 6.28. The average Bonchev–Trinajstić information content (AvgIpc) is 3.07. The normalized spacial score (nSPS) is 10.7. The Kier molecular flexibility index (Phi) is 6.51. The van der Waals surface area contributed by atoms with E-state index in [2.05, 4.69) is 56.7 Å². The lowest BCUT2D eigenvalue weighted by molar-refractivity contribution is -0.113. The third-order valence-corrected chi connectivity index (χ3v) is 6.61. The van der Waals surface area contributed by atoms with Gasteiger partial charge in [-0.05, 0) is 71.6 Å². The van der Waals surface area contributed by atoms with Crippen LogP contribution in [-0.2, 0) is 4.79 Å². The number of anilines is 3. The summed E-state index contributed by atoms with van der Waals surface area (Å²) in [6.45, 7) is 6.15. The van der Waals surface area contributed by atoms with E-state index in [1.807, 2.05) is 37.3 Å². The SMILES string of the molecule is Cc1ccc(NC(=O)CSc2nnc(Nc3cccc(C)c3C)s2)c(Br)c1. The monoisotopic (exact) mass is 462 g/mol. The van der Waals surface area contributed by atoms with Crippen molar-refractivity contribution >= 4 is 61.4 Å². The molecule has 0 saturated carbocycles. The van der Waals surface area contributed by atoms with Gasteiger partial charge < -0.3 is 10.6 Å². The maximum Gasteiger partial charge on any atom is 0.234 e. The minimum absolute atomic E-state index is 0.0798. The van der Waals surface area contributed by atoms with E-state index in [4.69, 9.17) is 0 Å². The Bertz CT molecular complexity index is 974. The number of carbonyl (C=O) groups excluding carboxylic acids is 1. The van der Waals surface area contributed by atoms with Gasteiger partial charge in [0.15, 0.2) is 4.34 Å². The highest BCUT2D eigenvalue weighted by Crippen LogP contribution is 2.30. The highest BCUT2D eigenvalue weighted by molar-refractivity contribution is 9.10. The molecule has 8 heteroatoms. The number of carbonyl (C=O) groups is 1. The van der Waals surface area contributed by atoms with Crippen molar-refractivity contribution in [2.45, 2.75) is 25.1 Å². The lowest BCUT2D eigenvalue weighted by atomic mass is 10.1. The van der Waals surface area contributed by atoms with Crippen molar-refractivity contribution < 1.29 is 4.79 Å². The molecule has 0 unspecified atom stereocenters. The molecule has 2 N–H and O–H groups in total. The first-order chi connectivity index (χ1) is 12.9. The minimum atomic E-state index is -0.0798. The molecule has 0 atom stereocenters. The summed E-state index contributed by atoms with van der Waals surface area (Å²) in [7, 11) is 0. The van der Waals surface area contributed by atoms with E-state index in [9.17, 15) is 4.79 Å². The van der Waals surface area contributed by atoms with Crippen LogP contribution in [0.25, 0.3) is 0 Å². The van der Waals surface area contributed by atoms with Gasteiger partial charge in [0.1, 0.15) is 0 Å². The molecule has 3 aromatic rings. The third kappa shape index (κ3) is 5.31. The molecule has 1 amide bonds. The highest BCUT2D eigenvalue weighted by Gasteiger charge is 2.11. The van der Waals surface area contributed by atoms with Gasteiger partial charge in [-0.2, -0.15) is 0 Å². The fraction of sp³-hybridized carbons (Fsp3) is 0.211. The summed E-state index contributed by atoms with van der Waals surface area (Å²) in [6.07, 6.45) is 0. The fourth-order valence-electron chi connectivity index (χ4n) is 2.36. The number of hydrogen-bond acceptors (Lipinski definition) is 6. The van der Waals surface area contributed by atoms with Crippen LogP contribution in [0.2, 0.25) is 0 Å². The van der Waals surface area contributed by atoms with Gasteiger partial charge in [0.05, 0.1) is 11.4 Å². The number of rotatable bonds is 6. The molecular weight excluding hydrogens is 444 g/mol. The molecule has 2 aromatic carbocycles. The number of nitrogens with zero attached hydrogens (tertiary/aromatic N) is 2. The summed E-state index contributed by atoms with van der Waals surface area (Å²) < 4.78 is 1.62. The second-order valence-corrected chi connectivity index (χ2v) is 9.12. The minimum Gasteiger partial charge on any atom is -0.330 e. The molecule has 0 saturated heterocycles. The number of halogens is 1. The van der Waals surface area contributed by atoms with Crippen molar-refractivity contribution in [2.24, 2.45) is 0 Å². The Morgan fingerprint density at radius 3 is 2.74 bits per heavy atom. The largest absolute Gasteiger partial charge is 0.330 e. The molecule has 0 radical (unpaired) electrons. The molecule has 1 aromatic heterocycles. The Morgan fingerprint density at radius 2 is 1.96 bits per heavy atom. The second-order valence-electron chi connectivity index (χ2n) is 6.07. The van der Waals surface area contributed by atoms with Crippen LogP contribution in [-0.4, -0.2) is 21.9 Å². The zero-order chi connectivity index (χ0) is 19.4.